The van der Waals surface area contributed by atoms with E-state index in [1.54, 1.807) is 12.1 Å². The summed E-state index contributed by atoms with van der Waals surface area (Å²) >= 11 is 0. The van der Waals surface area contributed by atoms with Crippen LogP contribution in [0.2, 0.25) is 0 Å². The molecule has 2 aromatic rings. The van der Waals surface area contributed by atoms with Gasteiger partial charge in [-0.3, -0.25) is 4.79 Å². The van der Waals surface area contributed by atoms with Crippen LogP contribution in [0.5, 0.6) is 0 Å². The minimum Gasteiger partial charge on any atom is -0.362 e. The molecule has 136 valence electrons. The molecule has 1 amide bonds. The van der Waals surface area contributed by atoms with Crippen LogP contribution < -0.4 is 10.0 Å². The number of fused-ring (bicyclic) bond motifs is 2. The highest BCUT2D eigenvalue weighted by atomic mass is 32.2. The van der Waals surface area contributed by atoms with E-state index in [0.717, 1.165) is 30.6 Å². The lowest BCUT2D eigenvalue weighted by Gasteiger charge is -2.31. The number of carbonyl (C=O) groups is 1. The van der Waals surface area contributed by atoms with Crippen LogP contribution in [-0.4, -0.2) is 38.9 Å². The number of hydrogen-bond donors (Lipinski definition) is 1. The van der Waals surface area contributed by atoms with E-state index in [1.165, 1.54) is 17.2 Å². The fraction of sp³-hybridized carbons (Fsp3) is 0.316. The van der Waals surface area contributed by atoms with E-state index in [-0.39, 0.29) is 10.8 Å². The first-order valence-corrected chi connectivity index (χ1v) is 10.2. The molecular formula is C19H21N3O3S. The van der Waals surface area contributed by atoms with E-state index in [2.05, 4.69) is 12.1 Å². The molecule has 2 aliphatic heterocycles. The maximum absolute atomic E-state index is 12.8. The van der Waals surface area contributed by atoms with Gasteiger partial charge in [0.15, 0.2) is 0 Å². The molecule has 4 rings (SSSR count). The van der Waals surface area contributed by atoms with Crippen molar-refractivity contribution in [3.63, 3.8) is 0 Å². The summed E-state index contributed by atoms with van der Waals surface area (Å²) in [7, 11) is -3.70. The second-order valence-electron chi connectivity index (χ2n) is 6.84. The predicted molar refractivity (Wildman–Crippen MR) is 99.3 cm³/mol. The minimum absolute atomic E-state index is 0.0999. The van der Waals surface area contributed by atoms with Gasteiger partial charge >= 0.3 is 0 Å². The normalized spacial score (nSPS) is 16.3. The van der Waals surface area contributed by atoms with Gasteiger partial charge in [-0.1, -0.05) is 24.3 Å². The Morgan fingerprint density at radius 2 is 1.73 bits per heavy atom. The Bertz CT molecular complexity index is 972. The second-order valence-corrected chi connectivity index (χ2v) is 8.40. The van der Waals surface area contributed by atoms with Crippen molar-refractivity contribution in [2.24, 2.45) is 5.14 Å². The molecule has 0 aromatic heterocycles. The van der Waals surface area contributed by atoms with Gasteiger partial charge in [0.1, 0.15) is 0 Å². The Balaban J connectivity index is 1.47. The maximum atomic E-state index is 12.8. The Morgan fingerprint density at radius 3 is 2.50 bits per heavy atom. The SMILES string of the molecule is NS(=O)(=O)c1ccc2c(c1)CCN2CC(=O)N1CCc2ccccc2C1. The average Bonchev–Trinajstić information content (AvgIpc) is 3.02. The summed E-state index contributed by atoms with van der Waals surface area (Å²) in [4.78, 5) is 16.8. The summed E-state index contributed by atoms with van der Waals surface area (Å²) in [6, 6.07) is 13.1. The van der Waals surface area contributed by atoms with Crippen LogP contribution in [0.1, 0.15) is 16.7 Å². The summed E-state index contributed by atoms with van der Waals surface area (Å²) in [5.74, 6) is 0.0999. The van der Waals surface area contributed by atoms with Gasteiger partial charge in [-0.2, -0.15) is 0 Å². The zero-order valence-electron chi connectivity index (χ0n) is 14.4. The monoisotopic (exact) mass is 371 g/mol. The van der Waals surface area contributed by atoms with Crippen LogP contribution in [-0.2, 0) is 34.2 Å². The molecule has 0 aliphatic carbocycles. The fourth-order valence-electron chi connectivity index (χ4n) is 3.76. The number of sulfonamides is 1. The number of nitrogens with two attached hydrogens (primary N) is 1. The molecule has 26 heavy (non-hydrogen) atoms. The molecule has 2 N–H and O–H groups in total. The maximum Gasteiger partial charge on any atom is 0.242 e. The summed E-state index contributed by atoms with van der Waals surface area (Å²) in [5, 5.41) is 5.20. The van der Waals surface area contributed by atoms with Gasteiger partial charge in [-0.15, -0.1) is 0 Å². The minimum atomic E-state index is -3.70. The van der Waals surface area contributed by atoms with Crippen molar-refractivity contribution in [3.8, 4) is 0 Å². The molecule has 7 heteroatoms. The first-order chi connectivity index (χ1) is 12.4. The molecule has 0 spiro atoms. The number of amides is 1. The topological polar surface area (TPSA) is 83.7 Å². The molecule has 0 unspecified atom stereocenters. The molecule has 0 radical (unpaired) electrons. The van der Waals surface area contributed by atoms with Gasteiger partial charge in [0.2, 0.25) is 15.9 Å². The lowest BCUT2D eigenvalue weighted by molar-refractivity contribution is -0.130. The van der Waals surface area contributed by atoms with Gasteiger partial charge in [0, 0.05) is 25.3 Å². The van der Waals surface area contributed by atoms with E-state index in [4.69, 9.17) is 5.14 Å². The smallest absolute Gasteiger partial charge is 0.242 e. The van der Waals surface area contributed by atoms with E-state index in [9.17, 15) is 13.2 Å². The number of benzene rings is 2. The van der Waals surface area contributed by atoms with Crippen molar-refractivity contribution in [2.75, 3.05) is 24.5 Å². The number of carbonyl (C=O) groups excluding carboxylic acids is 1. The number of anilines is 1. The Hall–Kier alpha value is -2.38. The van der Waals surface area contributed by atoms with Crippen LogP contribution in [0.15, 0.2) is 47.4 Å². The van der Waals surface area contributed by atoms with Crippen LogP contribution >= 0.6 is 0 Å². The van der Waals surface area contributed by atoms with Gasteiger partial charge in [0.05, 0.1) is 11.4 Å². The molecular weight excluding hydrogens is 350 g/mol. The van der Waals surface area contributed by atoms with Gasteiger partial charge in [-0.25, -0.2) is 13.6 Å². The van der Waals surface area contributed by atoms with Crippen LogP contribution in [0.3, 0.4) is 0 Å². The zero-order chi connectivity index (χ0) is 18.3. The van der Waals surface area contributed by atoms with E-state index >= 15 is 0 Å². The quantitative estimate of drug-likeness (QED) is 0.881. The van der Waals surface area contributed by atoms with Crippen molar-refractivity contribution >= 4 is 21.6 Å². The van der Waals surface area contributed by atoms with E-state index in [0.29, 0.717) is 19.6 Å². The van der Waals surface area contributed by atoms with Crippen molar-refractivity contribution in [1.29, 1.82) is 0 Å². The van der Waals surface area contributed by atoms with Gasteiger partial charge in [0.25, 0.3) is 0 Å². The van der Waals surface area contributed by atoms with Crippen LogP contribution in [0.25, 0.3) is 0 Å². The lowest BCUT2D eigenvalue weighted by atomic mass is 10.00. The van der Waals surface area contributed by atoms with Crippen molar-refractivity contribution < 1.29 is 13.2 Å². The second kappa shape index (κ2) is 6.41. The fourth-order valence-corrected chi connectivity index (χ4v) is 4.32. The Kier molecular flexibility index (Phi) is 4.20. The molecule has 2 heterocycles. The van der Waals surface area contributed by atoms with Crippen molar-refractivity contribution in [2.45, 2.75) is 24.3 Å². The highest BCUT2D eigenvalue weighted by Gasteiger charge is 2.26. The van der Waals surface area contributed by atoms with Crippen LogP contribution in [0.4, 0.5) is 5.69 Å². The molecule has 0 atom stereocenters. The molecule has 0 bridgehead atoms. The molecule has 2 aromatic carbocycles. The first-order valence-electron chi connectivity index (χ1n) is 8.67. The summed E-state index contributed by atoms with van der Waals surface area (Å²) in [6.45, 7) is 2.41. The number of hydrogen-bond acceptors (Lipinski definition) is 4. The summed E-state index contributed by atoms with van der Waals surface area (Å²) < 4.78 is 23.0. The van der Waals surface area contributed by atoms with Gasteiger partial charge in [-0.05, 0) is 47.7 Å². The standard InChI is InChI=1S/C19H21N3O3S/c20-26(24,25)17-5-6-18-15(11-17)8-9-21(18)13-19(23)22-10-7-14-3-1-2-4-16(14)12-22/h1-6,11H,7-10,12-13H2,(H2,20,24,25). The Labute approximate surface area is 153 Å². The summed E-state index contributed by atoms with van der Waals surface area (Å²) in [6.07, 6.45) is 1.60. The highest BCUT2D eigenvalue weighted by Crippen LogP contribution is 2.30. The highest BCUT2D eigenvalue weighted by molar-refractivity contribution is 7.89. The average molecular weight is 371 g/mol. The van der Waals surface area contributed by atoms with Crippen LogP contribution in [0, 0.1) is 0 Å². The molecule has 6 nitrogen and oxygen atoms in total. The molecule has 2 aliphatic rings. The molecule has 0 fully saturated rings. The molecule has 0 saturated carbocycles. The summed E-state index contributed by atoms with van der Waals surface area (Å²) in [5.41, 5.74) is 4.38. The number of primary sulfonamides is 1. The van der Waals surface area contributed by atoms with Crippen molar-refractivity contribution in [3.05, 3.63) is 59.2 Å². The number of rotatable bonds is 3. The van der Waals surface area contributed by atoms with E-state index < -0.39 is 10.0 Å². The Morgan fingerprint density at radius 1 is 1.00 bits per heavy atom. The van der Waals surface area contributed by atoms with Crippen molar-refractivity contribution in [1.82, 2.24) is 4.90 Å². The molecule has 0 saturated heterocycles. The van der Waals surface area contributed by atoms with Gasteiger partial charge < -0.3 is 9.80 Å². The third kappa shape index (κ3) is 3.20. The first kappa shape index (κ1) is 17.1. The third-order valence-corrected chi connectivity index (χ3v) is 6.09. The lowest BCUT2D eigenvalue weighted by Crippen LogP contribution is -2.42. The third-order valence-electron chi connectivity index (χ3n) is 5.18. The zero-order valence-corrected chi connectivity index (χ0v) is 15.2. The number of nitrogens with zero attached hydrogens (tertiary/aromatic N) is 2. The predicted octanol–water partition coefficient (Wildman–Crippen LogP) is 1.28. The largest absolute Gasteiger partial charge is 0.362 e. The van der Waals surface area contributed by atoms with E-state index in [1.807, 2.05) is 21.9 Å².